The van der Waals surface area contributed by atoms with Gasteiger partial charge in [-0.25, -0.2) is 9.98 Å². The number of guanidine groups is 1. The number of nitrogens with zero attached hydrogens (tertiary/aromatic N) is 3. The lowest BCUT2D eigenvalue weighted by molar-refractivity contribution is 0.383. The number of rotatable bonds is 7. The fourth-order valence-electron chi connectivity index (χ4n) is 2.76. The number of aromatic nitrogens is 2. The Balaban J connectivity index is 2.03. The molecule has 0 bridgehead atoms. The zero-order valence-corrected chi connectivity index (χ0v) is 17.4. The van der Waals surface area contributed by atoms with Crippen molar-refractivity contribution in [2.75, 3.05) is 13.1 Å². The summed E-state index contributed by atoms with van der Waals surface area (Å²) in [5.74, 6) is 3.12. The van der Waals surface area contributed by atoms with Crippen molar-refractivity contribution in [2.45, 2.75) is 59.4 Å². The highest BCUT2D eigenvalue weighted by molar-refractivity contribution is 5.79. The molecule has 1 unspecified atom stereocenters. The molecule has 0 spiro atoms. The molecule has 148 valence electrons. The van der Waals surface area contributed by atoms with Crippen LogP contribution in [-0.2, 0) is 12.0 Å². The predicted molar refractivity (Wildman–Crippen MR) is 110 cm³/mol. The lowest BCUT2D eigenvalue weighted by atomic mass is 9.89. The van der Waals surface area contributed by atoms with E-state index < -0.39 is 0 Å². The van der Waals surface area contributed by atoms with E-state index in [-0.39, 0.29) is 5.41 Å². The van der Waals surface area contributed by atoms with E-state index in [1.54, 1.807) is 6.20 Å². The van der Waals surface area contributed by atoms with Crippen LogP contribution in [0.2, 0.25) is 0 Å². The van der Waals surface area contributed by atoms with Crippen LogP contribution >= 0.6 is 0 Å². The first-order valence-electron chi connectivity index (χ1n) is 9.68. The van der Waals surface area contributed by atoms with Crippen molar-refractivity contribution in [1.29, 1.82) is 0 Å². The minimum atomic E-state index is -0.0497. The molecule has 0 amide bonds. The maximum Gasteiger partial charge on any atom is 0.216 e. The van der Waals surface area contributed by atoms with E-state index in [2.05, 4.69) is 73.2 Å². The lowest BCUT2D eigenvalue weighted by Crippen LogP contribution is -2.40. The molecule has 0 radical (unpaired) electrons. The van der Waals surface area contributed by atoms with Crippen molar-refractivity contribution in [3.63, 3.8) is 0 Å². The molecule has 0 aromatic carbocycles. The minimum absolute atomic E-state index is 0.0497. The Morgan fingerprint density at radius 1 is 1.22 bits per heavy atom. The molecular formula is C21H33N5O. The van der Waals surface area contributed by atoms with Gasteiger partial charge in [0.15, 0.2) is 5.96 Å². The average molecular weight is 372 g/mol. The number of oxazole rings is 1. The van der Waals surface area contributed by atoms with Gasteiger partial charge in [0.2, 0.25) is 5.89 Å². The van der Waals surface area contributed by atoms with E-state index in [0.29, 0.717) is 24.3 Å². The fraction of sp³-hybridized carbons (Fsp3) is 0.571. The molecule has 0 aliphatic heterocycles. The van der Waals surface area contributed by atoms with Gasteiger partial charge < -0.3 is 15.1 Å². The average Bonchev–Trinajstić information content (AvgIpc) is 3.10. The molecular weight excluding hydrogens is 338 g/mol. The monoisotopic (exact) mass is 371 g/mol. The second kappa shape index (κ2) is 9.53. The molecule has 6 nitrogen and oxygen atoms in total. The third kappa shape index (κ3) is 6.38. The maximum absolute atomic E-state index is 5.83. The van der Waals surface area contributed by atoms with Crippen LogP contribution in [0.1, 0.15) is 64.7 Å². The Morgan fingerprint density at radius 2 is 2.00 bits per heavy atom. The van der Waals surface area contributed by atoms with E-state index in [1.165, 1.54) is 5.56 Å². The minimum Gasteiger partial charge on any atom is -0.443 e. The van der Waals surface area contributed by atoms with E-state index in [4.69, 9.17) is 4.42 Å². The largest absolute Gasteiger partial charge is 0.443 e. The molecule has 0 saturated heterocycles. The third-order valence-electron chi connectivity index (χ3n) is 4.42. The summed E-state index contributed by atoms with van der Waals surface area (Å²) in [5, 5.41) is 6.74. The molecule has 0 fully saturated rings. The number of pyridine rings is 1. The summed E-state index contributed by atoms with van der Waals surface area (Å²) < 4.78 is 5.83. The van der Waals surface area contributed by atoms with Gasteiger partial charge in [-0.15, -0.1) is 0 Å². The Labute approximate surface area is 162 Å². The molecule has 6 heteroatoms. The highest BCUT2D eigenvalue weighted by atomic mass is 16.4. The van der Waals surface area contributed by atoms with Crippen molar-refractivity contribution in [1.82, 2.24) is 20.6 Å². The summed E-state index contributed by atoms with van der Waals surface area (Å²) in [6.45, 7) is 14.8. The van der Waals surface area contributed by atoms with Gasteiger partial charge in [-0.3, -0.25) is 4.98 Å². The Kier molecular flexibility index (Phi) is 7.39. The summed E-state index contributed by atoms with van der Waals surface area (Å²) in [4.78, 5) is 13.2. The lowest BCUT2D eigenvalue weighted by Gasteiger charge is -2.22. The third-order valence-corrected chi connectivity index (χ3v) is 4.42. The zero-order valence-electron chi connectivity index (χ0n) is 17.4. The second-order valence-corrected chi connectivity index (χ2v) is 8.08. The Bertz CT molecular complexity index is 716. The zero-order chi connectivity index (χ0) is 19.9. The van der Waals surface area contributed by atoms with Crippen molar-refractivity contribution in [3.05, 3.63) is 47.9 Å². The van der Waals surface area contributed by atoms with Crippen LogP contribution < -0.4 is 10.6 Å². The smallest absolute Gasteiger partial charge is 0.216 e. The van der Waals surface area contributed by atoms with E-state index >= 15 is 0 Å². The fourth-order valence-corrected chi connectivity index (χ4v) is 2.76. The standard InChI is InChI=1S/C21H33N5O/c1-7-23-20(26-14-19-24-13-18(27-19)21(4,5)6)25-12-17(15(2)3)16-9-8-10-22-11-16/h8-11,13,15,17H,7,12,14H2,1-6H3,(H2,23,25,26). The Morgan fingerprint density at radius 3 is 2.56 bits per heavy atom. The normalized spacial score (nSPS) is 13.7. The summed E-state index contributed by atoms with van der Waals surface area (Å²) in [6.07, 6.45) is 5.54. The Hall–Kier alpha value is -2.37. The molecule has 0 saturated carbocycles. The molecule has 0 aliphatic carbocycles. The van der Waals surface area contributed by atoms with Gasteiger partial charge in [-0.1, -0.05) is 40.7 Å². The van der Waals surface area contributed by atoms with Crippen LogP contribution in [0.25, 0.3) is 0 Å². The van der Waals surface area contributed by atoms with Gasteiger partial charge in [0, 0.05) is 36.8 Å². The predicted octanol–water partition coefficient (Wildman–Crippen LogP) is 3.86. The molecule has 1 atom stereocenters. The maximum atomic E-state index is 5.83. The van der Waals surface area contributed by atoms with Crippen LogP contribution in [0.5, 0.6) is 0 Å². The van der Waals surface area contributed by atoms with Crippen molar-refractivity contribution in [2.24, 2.45) is 10.9 Å². The summed E-state index contributed by atoms with van der Waals surface area (Å²) in [6, 6.07) is 4.11. The first-order chi connectivity index (χ1) is 12.8. The molecule has 2 rings (SSSR count). The number of aliphatic imine (C=N–C) groups is 1. The molecule has 2 heterocycles. The van der Waals surface area contributed by atoms with Crippen molar-refractivity contribution in [3.8, 4) is 0 Å². The van der Waals surface area contributed by atoms with Crippen molar-refractivity contribution < 1.29 is 4.42 Å². The second-order valence-electron chi connectivity index (χ2n) is 8.08. The number of hydrogen-bond donors (Lipinski definition) is 2. The first kappa shape index (κ1) is 20.9. The van der Waals surface area contributed by atoms with Crippen LogP contribution in [0, 0.1) is 5.92 Å². The topological polar surface area (TPSA) is 75.3 Å². The van der Waals surface area contributed by atoms with E-state index in [1.807, 2.05) is 18.5 Å². The van der Waals surface area contributed by atoms with E-state index in [9.17, 15) is 0 Å². The number of nitrogens with one attached hydrogen (secondary N) is 2. The highest BCUT2D eigenvalue weighted by Crippen LogP contribution is 2.23. The quantitative estimate of drug-likeness (QED) is 0.571. The molecule has 27 heavy (non-hydrogen) atoms. The van der Waals surface area contributed by atoms with Gasteiger partial charge in [0.05, 0.1) is 6.20 Å². The van der Waals surface area contributed by atoms with Crippen LogP contribution in [0.4, 0.5) is 0 Å². The molecule has 0 aliphatic rings. The van der Waals surface area contributed by atoms with Gasteiger partial charge >= 0.3 is 0 Å². The molecule has 2 aromatic heterocycles. The van der Waals surface area contributed by atoms with Gasteiger partial charge in [0.25, 0.3) is 0 Å². The summed E-state index contributed by atoms with van der Waals surface area (Å²) >= 11 is 0. The molecule has 2 N–H and O–H groups in total. The van der Waals surface area contributed by atoms with Crippen LogP contribution in [0.3, 0.4) is 0 Å². The molecule has 2 aromatic rings. The van der Waals surface area contributed by atoms with Crippen LogP contribution in [0.15, 0.2) is 40.1 Å². The van der Waals surface area contributed by atoms with Gasteiger partial charge in [-0.2, -0.15) is 0 Å². The van der Waals surface area contributed by atoms with Gasteiger partial charge in [0.1, 0.15) is 12.3 Å². The van der Waals surface area contributed by atoms with Crippen molar-refractivity contribution >= 4 is 5.96 Å². The van der Waals surface area contributed by atoms with Gasteiger partial charge in [-0.05, 0) is 24.5 Å². The SMILES string of the molecule is CCNC(=NCc1ncc(C(C)(C)C)o1)NCC(c1cccnc1)C(C)C. The van der Waals surface area contributed by atoms with E-state index in [0.717, 1.165) is 24.8 Å². The number of hydrogen-bond acceptors (Lipinski definition) is 4. The highest BCUT2D eigenvalue weighted by Gasteiger charge is 2.19. The summed E-state index contributed by atoms with van der Waals surface area (Å²) in [5.41, 5.74) is 1.18. The first-order valence-corrected chi connectivity index (χ1v) is 9.68. The summed E-state index contributed by atoms with van der Waals surface area (Å²) in [7, 11) is 0. The van der Waals surface area contributed by atoms with Crippen LogP contribution in [-0.4, -0.2) is 29.0 Å².